The summed E-state index contributed by atoms with van der Waals surface area (Å²) in [5, 5.41) is 0. The minimum absolute atomic E-state index is 0.134. The number of carbonyl (C=O) groups excluding carboxylic acids is 1. The molecule has 1 aliphatic heterocycles. The Labute approximate surface area is 211 Å². The number of ether oxygens (including phenoxy) is 2. The lowest BCUT2D eigenvalue weighted by atomic mass is 10.1. The third kappa shape index (κ3) is 5.66. The van der Waals surface area contributed by atoms with Crippen molar-refractivity contribution in [2.75, 3.05) is 11.5 Å². The highest BCUT2D eigenvalue weighted by molar-refractivity contribution is 9.10. The summed E-state index contributed by atoms with van der Waals surface area (Å²) in [7, 11) is 0. The van der Waals surface area contributed by atoms with Crippen LogP contribution < -0.4 is 14.4 Å². The molecule has 1 heterocycles. The van der Waals surface area contributed by atoms with E-state index in [1.807, 2.05) is 67.6 Å². The van der Waals surface area contributed by atoms with Crippen molar-refractivity contribution >= 4 is 61.9 Å². The summed E-state index contributed by atoms with van der Waals surface area (Å²) in [4.78, 5) is 15.2. The Morgan fingerprint density at radius 1 is 1.03 bits per heavy atom. The molecule has 3 aromatic carbocycles. The van der Waals surface area contributed by atoms with Crippen LogP contribution in [-0.4, -0.2) is 16.8 Å². The predicted octanol–water partition coefficient (Wildman–Crippen LogP) is 7.14. The number of thioether (sulfide) groups is 1. The molecule has 168 valence electrons. The molecule has 0 radical (unpaired) electrons. The number of aryl methyl sites for hydroxylation is 1. The summed E-state index contributed by atoms with van der Waals surface area (Å²) in [6.07, 6.45) is 1.84. The molecule has 7 heteroatoms. The van der Waals surface area contributed by atoms with E-state index in [1.54, 1.807) is 4.90 Å². The number of nitrogens with zero attached hydrogens (tertiary/aromatic N) is 1. The van der Waals surface area contributed by atoms with Crippen LogP contribution in [-0.2, 0) is 11.4 Å². The van der Waals surface area contributed by atoms with Gasteiger partial charge in [-0.25, -0.2) is 0 Å². The molecule has 1 amide bonds. The first-order chi connectivity index (χ1) is 15.9. The molecule has 0 atom stereocenters. The van der Waals surface area contributed by atoms with Gasteiger partial charge in [-0.15, -0.1) is 0 Å². The molecule has 0 saturated carbocycles. The van der Waals surface area contributed by atoms with Crippen molar-refractivity contribution < 1.29 is 14.3 Å². The van der Waals surface area contributed by atoms with Gasteiger partial charge in [0.1, 0.15) is 6.61 Å². The molecule has 1 aliphatic rings. The molecule has 0 bridgehead atoms. The van der Waals surface area contributed by atoms with Crippen LogP contribution in [0.2, 0.25) is 0 Å². The van der Waals surface area contributed by atoms with Crippen molar-refractivity contribution in [1.29, 1.82) is 0 Å². The van der Waals surface area contributed by atoms with Gasteiger partial charge in [0.25, 0.3) is 5.91 Å². The maximum absolute atomic E-state index is 13.1. The first kappa shape index (κ1) is 23.5. The topological polar surface area (TPSA) is 38.8 Å². The Bertz CT molecular complexity index is 1220. The predicted molar refractivity (Wildman–Crippen MR) is 143 cm³/mol. The fourth-order valence-corrected chi connectivity index (χ4v) is 4.96. The molecule has 1 saturated heterocycles. The summed E-state index contributed by atoms with van der Waals surface area (Å²) < 4.78 is 13.3. The van der Waals surface area contributed by atoms with Crippen molar-refractivity contribution in [1.82, 2.24) is 0 Å². The quantitative estimate of drug-likeness (QED) is 0.235. The van der Waals surface area contributed by atoms with Crippen LogP contribution in [0.25, 0.3) is 6.08 Å². The number of thiocarbonyl (C=S) groups is 1. The number of benzene rings is 3. The molecule has 4 rings (SSSR count). The molecule has 0 unspecified atom stereocenters. The average Bonchev–Trinajstić information content (AvgIpc) is 3.07. The van der Waals surface area contributed by atoms with E-state index >= 15 is 0 Å². The second-order valence-electron chi connectivity index (χ2n) is 7.41. The zero-order valence-corrected chi connectivity index (χ0v) is 21.4. The highest BCUT2D eigenvalue weighted by atomic mass is 79.9. The summed E-state index contributed by atoms with van der Waals surface area (Å²) in [5.74, 6) is 1.17. The highest BCUT2D eigenvalue weighted by Gasteiger charge is 2.33. The van der Waals surface area contributed by atoms with Crippen LogP contribution in [0.1, 0.15) is 23.6 Å². The first-order valence-electron chi connectivity index (χ1n) is 10.4. The Balaban J connectivity index is 1.55. The number of hydrogen-bond acceptors (Lipinski definition) is 5. The van der Waals surface area contributed by atoms with E-state index in [0.717, 1.165) is 21.3 Å². The van der Waals surface area contributed by atoms with E-state index in [9.17, 15) is 4.79 Å². The van der Waals surface area contributed by atoms with Gasteiger partial charge in [0.15, 0.2) is 15.8 Å². The third-order valence-electron chi connectivity index (χ3n) is 4.92. The van der Waals surface area contributed by atoms with Crippen molar-refractivity contribution in [2.45, 2.75) is 20.5 Å². The van der Waals surface area contributed by atoms with Gasteiger partial charge in [-0.1, -0.05) is 75.8 Å². The molecule has 33 heavy (non-hydrogen) atoms. The summed E-state index contributed by atoms with van der Waals surface area (Å²) in [6.45, 7) is 4.95. The average molecular weight is 541 g/mol. The van der Waals surface area contributed by atoms with Crippen LogP contribution in [0.4, 0.5) is 5.69 Å². The van der Waals surface area contributed by atoms with Gasteiger partial charge in [-0.3, -0.25) is 9.69 Å². The normalized spacial score (nSPS) is 14.8. The number of anilines is 1. The number of halogens is 1. The van der Waals surface area contributed by atoms with E-state index in [4.69, 9.17) is 21.7 Å². The van der Waals surface area contributed by atoms with Gasteiger partial charge in [0.2, 0.25) is 0 Å². The van der Waals surface area contributed by atoms with Gasteiger partial charge in [-0.2, -0.15) is 0 Å². The Morgan fingerprint density at radius 2 is 1.82 bits per heavy atom. The van der Waals surface area contributed by atoms with Gasteiger partial charge in [-0.05, 0) is 67.4 Å². The van der Waals surface area contributed by atoms with Gasteiger partial charge in [0.05, 0.1) is 17.2 Å². The molecule has 3 aromatic rings. The lowest BCUT2D eigenvalue weighted by Gasteiger charge is -2.14. The van der Waals surface area contributed by atoms with Crippen molar-refractivity contribution in [3.63, 3.8) is 0 Å². The number of carbonyl (C=O) groups is 1. The highest BCUT2D eigenvalue weighted by Crippen LogP contribution is 2.37. The van der Waals surface area contributed by atoms with Crippen molar-refractivity contribution in [3.8, 4) is 11.5 Å². The molecule has 0 N–H and O–H groups in total. The lowest BCUT2D eigenvalue weighted by Crippen LogP contribution is -2.27. The molecule has 4 nitrogen and oxygen atoms in total. The number of hydrogen-bond donors (Lipinski definition) is 0. The number of rotatable bonds is 7. The smallest absolute Gasteiger partial charge is 0.270 e. The lowest BCUT2D eigenvalue weighted by molar-refractivity contribution is -0.113. The first-order valence-corrected chi connectivity index (χ1v) is 12.4. The third-order valence-corrected chi connectivity index (χ3v) is 6.75. The summed E-state index contributed by atoms with van der Waals surface area (Å²) in [5.41, 5.74) is 3.88. The zero-order valence-electron chi connectivity index (χ0n) is 18.2. The van der Waals surface area contributed by atoms with E-state index in [0.29, 0.717) is 33.9 Å². The number of amides is 1. The fraction of sp³-hybridized carbons (Fsp3) is 0.154. The van der Waals surface area contributed by atoms with E-state index < -0.39 is 0 Å². The van der Waals surface area contributed by atoms with Crippen molar-refractivity contribution in [3.05, 3.63) is 92.8 Å². The molecule has 1 fully saturated rings. The van der Waals surface area contributed by atoms with Gasteiger partial charge in [0, 0.05) is 4.47 Å². The van der Waals surface area contributed by atoms with Gasteiger partial charge < -0.3 is 9.47 Å². The van der Waals surface area contributed by atoms with E-state index in [2.05, 4.69) is 35.0 Å². The van der Waals surface area contributed by atoms with Crippen LogP contribution >= 0.6 is 39.9 Å². The fourth-order valence-electron chi connectivity index (χ4n) is 3.40. The molecular formula is C26H22BrNO3S2. The Kier molecular flexibility index (Phi) is 7.53. The zero-order chi connectivity index (χ0) is 23.4. The van der Waals surface area contributed by atoms with Crippen LogP contribution in [0, 0.1) is 6.92 Å². The van der Waals surface area contributed by atoms with Gasteiger partial charge >= 0.3 is 0 Å². The monoisotopic (exact) mass is 539 g/mol. The second-order valence-corrected chi connectivity index (χ2v) is 10.0. The molecular weight excluding hydrogens is 518 g/mol. The van der Waals surface area contributed by atoms with Crippen molar-refractivity contribution in [2.24, 2.45) is 0 Å². The largest absolute Gasteiger partial charge is 0.490 e. The summed E-state index contributed by atoms with van der Waals surface area (Å²) >= 11 is 10.2. The van der Waals surface area contributed by atoms with Crippen LogP contribution in [0.5, 0.6) is 11.5 Å². The van der Waals surface area contributed by atoms with Crippen LogP contribution in [0.15, 0.2) is 76.1 Å². The second kappa shape index (κ2) is 10.5. The molecule has 0 aromatic heterocycles. The molecule has 0 aliphatic carbocycles. The maximum Gasteiger partial charge on any atom is 0.270 e. The summed E-state index contributed by atoms with van der Waals surface area (Å²) in [6, 6.07) is 21.4. The van der Waals surface area contributed by atoms with E-state index in [-0.39, 0.29) is 5.91 Å². The standard InChI is InChI=1S/C26H22BrNO3S2/c1-3-30-23-14-18(7-12-22(23)31-16-19-6-4-5-17(2)13-19)15-24-25(29)28(26(32)33-24)21-10-8-20(27)9-11-21/h4-15H,3,16H2,1-2H3/b24-15-. The minimum atomic E-state index is -0.134. The molecule has 0 spiro atoms. The minimum Gasteiger partial charge on any atom is -0.490 e. The van der Waals surface area contributed by atoms with Crippen LogP contribution in [0.3, 0.4) is 0 Å². The maximum atomic E-state index is 13.1. The Morgan fingerprint density at radius 3 is 2.55 bits per heavy atom. The SMILES string of the molecule is CCOc1cc(/C=C2\SC(=S)N(c3ccc(Br)cc3)C2=O)ccc1OCc1cccc(C)c1. The Hall–Kier alpha value is -2.61. The van der Waals surface area contributed by atoms with E-state index in [1.165, 1.54) is 17.3 Å².